The highest BCUT2D eigenvalue weighted by Crippen LogP contribution is 2.49. The fraction of sp³-hybridized carbons (Fsp3) is 0.692. The zero-order chi connectivity index (χ0) is 12.7. The van der Waals surface area contributed by atoms with E-state index in [0.717, 1.165) is 23.6 Å². The van der Waals surface area contributed by atoms with E-state index in [9.17, 15) is 0 Å². The molecular weight excluding hydrogens is 248 g/mol. The number of fused-ring (bicyclic) bond motifs is 2. The fourth-order valence-corrected chi connectivity index (χ4v) is 3.95. The zero-order valence-electron chi connectivity index (χ0n) is 10.6. The highest BCUT2D eigenvalue weighted by Gasteiger charge is 2.41. The largest absolute Gasteiger partial charge is 0.368 e. The quantitative estimate of drug-likeness (QED) is 0.826. The van der Waals surface area contributed by atoms with Crippen LogP contribution < -0.4 is 11.1 Å². The lowest BCUT2D eigenvalue weighted by molar-refractivity contribution is 0.304. The van der Waals surface area contributed by atoms with Gasteiger partial charge < -0.3 is 11.1 Å². The highest BCUT2D eigenvalue weighted by atomic mass is 35.5. The Hall–Kier alpha value is -1.03. The van der Waals surface area contributed by atoms with Crippen molar-refractivity contribution in [2.75, 3.05) is 11.1 Å². The minimum atomic E-state index is 0.227. The second kappa shape index (κ2) is 4.57. The average molecular weight is 267 g/mol. The van der Waals surface area contributed by atoms with Gasteiger partial charge in [0.1, 0.15) is 11.0 Å². The number of aromatic nitrogens is 2. The van der Waals surface area contributed by atoms with Gasteiger partial charge in [0.15, 0.2) is 0 Å². The fourth-order valence-electron chi connectivity index (χ4n) is 3.76. The molecule has 2 saturated carbocycles. The molecule has 0 radical (unpaired) electrons. The summed E-state index contributed by atoms with van der Waals surface area (Å²) in [5.74, 6) is 3.59. The number of nitrogens with one attached hydrogen (secondary N) is 1. The molecule has 3 N–H and O–H groups in total. The van der Waals surface area contributed by atoms with Crippen LogP contribution in [0.2, 0.25) is 5.15 Å². The molecule has 2 bridgehead atoms. The number of hydrogen-bond donors (Lipinski definition) is 2. The third kappa shape index (κ3) is 2.26. The van der Waals surface area contributed by atoms with Crippen molar-refractivity contribution in [1.29, 1.82) is 0 Å². The molecule has 3 rings (SSSR count). The molecule has 0 aliphatic heterocycles. The van der Waals surface area contributed by atoms with Crippen LogP contribution in [0, 0.1) is 17.8 Å². The van der Waals surface area contributed by atoms with Crippen molar-refractivity contribution in [3.63, 3.8) is 0 Å². The molecule has 0 aromatic carbocycles. The number of nitrogen functional groups attached to an aromatic ring is 1. The predicted octanol–water partition coefficient (Wildman–Crippen LogP) is 2.95. The Kier molecular flexibility index (Phi) is 3.06. The smallest absolute Gasteiger partial charge is 0.223 e. The third-order valence-corrected chi connectivity index (χ3v) is 4.72. The molecule has 0 unspecified atom stereocenters. The van der Waals surface area contributed by atoms with E-state index >= 15 is 0 Å². The van der Waals surface area contributed by atoms with Crippen molar-refractivity contribution < 1.29 is 0 Å². The second-order valence-corrected chi connectivity index (χ2v) is 6.09. The molecule has 2 aliphatic carbocycles. The summed E-state index contributed by atoms with van der Waals surface area (Å²) in [6.45, 7) is 2.23. The maximum atomic E-state index is 5.89. The van der Waals surface area contributed by atoms with Crippen LogP contribution in [0.5, 0.6) is 0 Å². The Balaban J connectivity index is 1.68. The zero-order valence-corrected chi connectivity index (χ0v) is 11.3. The van der Waals surface area contributed by atoms with Crippen LogP contribution >= 0.6 is 11.6 Å². The Labute approximate surface area is 112 Å². The minimum absolute atomic E-state index is 0.227. The van der Waals surface area contributed by atoms with Crippen LogP contribution in [0.4, 0.5) is 11.8 Å². The first-order chi connectivity index (χ1) is 8.61. The minimum Gasteiger partial charge on any atom is -0.368 e. The number of rotatable bonds is 3. The van der Waals surface area contributed by atoms with Crippen molar-refractivity contribution in [2.45, 2.75) is 38.6 Å². The predicted molar refractivity (Wildman–Crippen MR) is 73.5 cm³/mol. The molecule has 4 atom stereocenters. The van der Waals surface area contributed by atoms with Crippen molar-refractivity contribution >= 4 is 23.4 Å². The molecule has 1 heterocycles. The highest BCUT2D eigenvalue weighted by molar-refractivity contribution is 6.29. The summed E-state index contributed by atoms with van der Waals surface area (Å²) in [5, 5.41) is 3.83. The lowest BCUT2D eigenvalue weighted by Crippen LogP contribution is -2.30. The first-order valence-corrected chi connectivity index (χ1v) is 7.06. The van der Waals surface area contributed by atoms with Gasteiger partial charge in [0.25, 0.3) is 0 Å². The normalized spacial score (nSPS) is 31.6. The van der Waals surface area contributed by atoms with Gasteiger partial charge in [-0.2, -0.15) is 4.98 Å². The van der Waals surface area contributed by atoms with Gasteiger partial charge in [-0.3, -0.25) is 0 Å². The van der Waals surface area contributed by atoms with Gasteiger partial charge in [-0.15, -0.1) is 0 Å². The monoisotopic (exact) mass is 266 g/mol. The van der Waals surface area contributed by atoms with Crippen LogP contribution in [0.25, 0.3) is 0 Å². The van der Waals surface area contributed by atoms with Crippen LogP contribution in [0.1, 0.15) is 32.6 Å². The van der Waals surface area contributed by atoms with Crippen molar-refractivity contribution in [3.8, 4) is 0 Å². The summed E-state index contributed by atoms with van der Waals surface area (Å²) in [7, 11) is 0. The van der Waals surface area contributed by atoms with E-state index in [4.69, 9.17) is 17.3 Å². The number of halogens is 1. The third-order valence-electron chi connectivity index (χ3n) is 4.52. The number of nitrogens with zero attached hydrogens (tertiary/aromatic N) is 2. The van der Waals surface area contributed by atoms with E-state index < -0.39 is 0 Å². The van der Waals surface area contributed by atoms with Gasteiger partial charge in [0.2, 0.25) is 5.95 Å². The molecule has 4 nitrogen and oxygen atoms in total. The van der Waals surface area contributed by atoms with Gasteiger partial charge in [0, 0.05) is 12.1 Å². The molecule has 1 aromatic rings. The van der Waals surface area contributed by atoms with Crippen molar-refractivity contribution in [1.82, 2.24) is 9.97 Å². The topological polar surface area (TPSA) is 63.8 Å². The molecule has 18 heavy (non-hydrogen) atoms. The van der Waals surface area contributed by atoms with Gasteiger partial charge in [-0.25, -0.2) is 4.98 Å². The Morgan fingerprint density at radius 2 is 2.22 bits per heavy atom. The summed E-state index contributed by atoms with van der Waals surface area (Å²) in [6, 6.07) is 2.16. The first-order valence-electron chi connectivity index (χ1n) is 6.68. The first kappa shape index (κ1) is 12.0. The summed E-state index contributed by atoms with van der Waals surface area (Å²) in [5.41, 5.74) is 5.60. The summed E-state index contributed by atoms with van der Waals surface area (Å²) in [6.07, 6.45) is 5.60. The van der Waals surface area contributed by atoms with Gasteiger partial charge in [-0.05, 0) is 43.9 Å². The molecule has 5 heteroatoms. The van der Waals surface area contributed by atoms with E-state index in [1.54, 1.807) is 6.07 Å². The van der Waals surface area contributed by atoms with Gasteiger partial charge in [-0.1, -0.05) is 18.0 Å². The molecule has 2 aliphatic rings. The number of anilines is 2. The maximum Gasteiger partial charge on any atom is 0.223 e. The van der Waals surface area contributed by atoms with E-state index in [2.05, 4.69) is 22.2 Å². The standard InChI is InChI=1S/C13H19ClN4/c1-7(10-5-8-2-3-9(10)4-8)16-12-6-11(14)17-13(15)18-12/h6-10H,2-5H2,1H3,(H3,15,16,17,18)/t7-,8-,9-,10+/m0/s1. The summed E-state index contributed by atoms with van der Waals surface area (Å²) < 4.78 is 0. The molecule has 2 fully saturated rings. The van der Waals surface area contributed by atoms with E-state index in [1.165, 1.54) is 25.7 Å². The van der Waals surface area contributed by atoms with Gasteiger partial charge in [0.05, 0.1) is 0 Å². The van der Waals surface area contributed by atoms with Crippen LogP contribution in [0.15, 0.2) is 6.07 Å². The van der Waals surface area contributed by atoms with E-state index in [-0.39, 0.29) is 5.95 Å². The number of nitrogens with two attached hydrogens (primary N) is 1. The molecule has 1 aromatic heterocycles. The Morgan fingerprint density at radius 1 is 1.39 bits per heavy atom. The van der Waals surface area contributed by atoms with Crippen molar-refractivity contribution in [3.05, 3.63) is 11.2 Å². The van der Waals surface area contributed by atoms with Crippen LogP contribution in [0.3, 0.4) is 0 Å². The molecule has 0 spiro atoms. The SMILES string of the molecule is C[C@H](Nc1cc(Cl)nc(N)n1)[C@H]1C[C@H]2CC[C@H]1C2. The molecule has 98 valence electrons. The van der Waals surface area contributed by atoms with Crippen LogP contribution in [-0.2, 0) is 0 Å². The second-order valence-electron chi connectivity index (χ2n) is 5.71. The lowest BCUT2D eigenvalue weighted by Gasteiger charge is -2.28. The van der Waals surface area contributed by atoms with E-state index in [1.807, 2.05) is 0 Å². The van der Waals surface area contributed by atoms with Crippen LogP contribution in [-0.4, -0.2) is 16.0 Å². The Bertz CT molecular complexity index is 430. The molecule has 0 saturated heterocycles. The average Bonchev–Trinajstić information content (AvgIpc) is 2.88. The summed E-state index contributed by atoms with van der Waals surface area (Å²) >= 11 is 5.89. The Morgan fingerprint density at radius 3 is 2.83 bits per heavy atom. The maximum absolute atomic E-state index is 5.89. The van der Waals surface area contributed by atoms with Gasteiger partial charge >= 0.3 is 0 Å². The molecular formula is C13H19ClN4. The van der Waals surface area contributed by atoms with Crippen molar-refractivity contribution in [2.24, 2.45) is 17.8 Å². The molecule has 0 amide bonds. The lowest BCUT2D eigenvalue weighted by atomic mass is 9.84. The van der Waals surface area contributed by atoms with E-state index in [0.29, 0.717) is 11.2 Å². The summed E-state index contributed by atoms with van der Waals surface area (Å²) in [4.78, 5) is 8.05. The number of hydrogen-bond acceptors (Lipinski definition) is 4.